The summed E-state index contributed by atoms with van der Waals surface area (Å²) in [5.74, 6) is 0.848. The zero-order valence-corrected chi connectivity index (χ0v) is 13.2. The number of amides is 1. The van der Waals surface area contributed by atoms with Gasteiger partial charge >= 0.3 is 0 Å². The van der Waals surface area contributed by atoms with Crippen molar-refractivity contribution in [3.05, 3.63) is 29.8 Å². The van der Waals surface area contributed by atoms with Crippen molar-refractivity contribution in [2.45, 2.75) is 26.2 Å². The van der Waals surface area contributed by atoms with Gasteiger partial charge in [-0.25, -0.2) is 0 Å². The van der Waals surface area contributed by atoms with Crippen LogP contribution in [0.1, 0.15) is 36.5 Å². The molecule has 0 unspecified atom stereocenters. The van der Waals surface area contributed by atoms with Gasteiger partial charge < -0.3 is 9.64 Å². The Bertz CT molecular complexity index is 454. The van der Waals surface area contributed by atoms with Gasteiger partial charge in [-0.15, -0.1) is 0 Å². The van der Waals surface area contributed by atoms with E-state index in [2.05, 4.69) is 11.8 Å². The lowest BCUT2D eigenvalue weighted by atomic mass is 10.1. The van der Waals surface area contributed by atoms with Crippen molar-refractivity contribution >= 4 is 5.91 Å². The van der Waals surface area contributed by atoms with Crippen molar-refractivity contribution in [1.29, 1.82) is 0 Å². The Morgan fingerprint density at radius 3 is 2.62 bits per heavy atom. The predicted octanol–water partition coefficient (Wildman–Crippen LogP) is 2.64. The smallest absolute Gasteiger partial charge is 0.254 e. The molecule has 0 N–H and O–H groups in total. The van der Waals surface area contributed by atoms with Gasteiger partial charge in [0.15, 0.2) is 0 Å². The second-order valence-electron chi connectivity index (χ2n) is 5.57. The third kappa shape index (κ3) is 4.46. The number of hydrogen-bond acceptors (Lipinski definition) is 3. The van der Waals surface area contributed by atoms with Gasteiger partial charge in [-0.3, -0.25) is 9.69 Å². The van der Waals surface area contributed by atoms with Crippen LogP contribution in [-0.4, -0.2) is 55.5 Å². The summed E-state index contributed by atoms with van der Waals surface area (Å²) in [4.78, 5) is 16.9. The van der Waals surface area contributed by atoms with Gasteiger partial charge in [0.05, 0.1) is 7.11 Å². The number of methoxy groups -OCH3 is 1. The molecule has 0 spiro atoms. The van der Waals surface area contributed by atoms with Crippen LogP contribution in [0.15, 0.2) is 24.3 Å². The van der Waals surface area contributed by atoms with E-state index in [4.69, 9.17) is 4.74 Å². The first-order valence-corrected chi connectivity index (χ1v) is 7.90. The number of benzene rings is 1. The number of piperazine rings is 1. The summed E-state index contributed by atoms with van der Waals surface area (Å²) < 4.78 is 5.19. The molecule has 0 aliphatic carbocycles. The number of hydrogen-bond donors (Lipinski definition) is 0. The molecule has 0 saturated carbocycles. The molecule has 4 nitrogen and oxygen atoms in total. The Balaban J connectivity index is 1.85. The van der Waals surface area contributed by atoms with Gasteiger partial charge in [0.1, 0.15) is 5.75 Å². The lowest BCUT2D eigenvalue weighted by molar-refractivity contribution is 0.0635. The van der Waals surface area contributed by atoms with Crippen molar-refractivity contribution in [2.24, 2.45) is 0 Å². The van der Waals surface area contributed by atoms with Gasteiger partial charge in [-0.2, -0.15) is 0 Å². The quantitative estimate of drug-likeness (QED) is 0.755. The number of nitrogens with zero attached hydrogens (tertiary/aromatic N) is 2. The minimum atomic E-state index is 0.113. The highest BCUT2D eigenvalue weighted by Crippen LogP contribution is 2.15. The first-order chi connectivity index (χ1) is 10.2. The highest BCUT2D eigenvalue weighted by molar-refractivity contribution is 5.94. The molecular formula is C17H26N2O2. The highest BCUT2D eigenvalue weighted by atomic mass is 16.5. The zero-order chi connectivity index (χ0) is 15.1. The summed E-state index contributed by atoms with van der Waals surface area (Å²) in [5.41, 5.74) is 0.716. The van der Waals surface area contributed by atoms with Crippen LogP contribution in [0.5, 0.6) is 5.75 Å². The molecule has 1 aliphatic rings. The van der Waals surface area contributed by atoms with Crippen LogP contribution >= 0.6 is 0 Å². The van der Waals surface area contributed by atoms with Crippen molar-refractivity contribution in [3.63, 3.8) is 0 Å². The van der Waals surface area contributed by atoms with E-state index >= 15 is 0 Å². The maximum Gasteiger partial charge on any atom is 0.254 e. The molecule has 1 fully saturated rings. The Morgan fingerprint density at radius 1 is 1.19 bits per heavy atom. The van der Waals surface area contributed by atoms with E-state index in [0.717, 1.165) is 38.5 Å². The molecule has 1 aliphatic heterocycles. The number of unbranched alkanes of at least 4 members (excludes halogenated alkanes) is 2. The Kier molecular flexibility index (Phi) is 6.05. The SMILES string of the molecule is CCCCCN1CCN(C(=O)c2cccc(OC)c2)CC1. The molecule has 0 atom stereocenters. The van der Waals surface area contributed by atoms with E-state index in [0.29, 0.717) is 5.56 Å². The molecule has 1 aromatic rings. The number of carbonyl (C=O) groups is 1. The summed E-state index contributed by atoms with van der Waals surface area (Å²) in [6.45, 7) is 7.00. The van der Waals surface area contributed by atoms with Crippen LogP contribution in [-0.2, 0) is 0 Å². The number of ether oxygens (including phenoxy) is 1. The fourth-order valence-corrected chi connectivity index (χ4v) is 2.70. The van der Waals surface area contributed by atoms with Crippen LogP contribution in [0.2, 0.25) is 0 Å². The topological polar surface area (TPSA) is 32.8 Å². The van der Waals surface area contributed by atoms with Gasteiger partial charge in [0, 0.05) is 31.7 Å². The monoisotopic (exact) mass is 290 g/mol. The molecule has 1 amide bonds. The predicted molar refractivity (Wildman–Crippen MR) is 84.9 cm³/mol. The standard InChI is InChI=1S/C17H26N2O2/c1-3-4-5-9-18-10-12-19(13-11-18)17(20)15-7-6-8-16(14-15)21-2/h6-8,14H,3-5,9-13H2,1-2H3. The number of carbonyl (C=O) groups excluding carboxylic acids is 1. The van der Waals surface area contributed by atoms with Crippen LogP contribution < -0.4 is 4.74 Å². The normalized spacial score (nSPS) is 16.0. The van der Waals surface area contributed by atoms with Gasteiger partial charge in [-0.05, 0) is 31.2 Å². The van der Waals surface area contributed by atoms with E-state index in [1.165, 1.54) is 19.3 Å². The van der Waals surface area contributed by atoms with Crippen LogP contribution in [0, 0.1) is 0 Å². The van der Waals surface area contributed by atoms with Crippen molar-refractivity contribution in [1.82, 2.24) is 9.80 Å². The van der Waals surface area contributed by atoms with Gasteiger partial charge in [-0.1, -0.05) is 25.8 Å². The third-order valence-corrected chi connectivity index (χ3v) is 4.05. The van der Waals surface area contributed by atoms with Gasteiger partial charge in [0.2, 0.25) is 0 Å². The second-order valence-corrected chi connectivity index (χ2v) is 5.57. The number of rotatable bonds is 6. The second kappa shape index (κ2) is 8.03. The van der Waals surface area contributed by atoms with E-state index in [1.54, 1.807) is 7.11 Å². The average molecular weight is 290 g/mol. The molecule has 1 aromatic carbocycles. The van der Waals surface area contributed by atoms with E-state index in [1.807, 2.05) is 29.2 Å². The Labute approximate surface area is 127 Å². The van der Waals surface area contributed by atoms with Crippen molar-refractivity contribution < 1.29 is 9.53 Å². The van der Waals surface area contributed by atoms with Crippen LogP contribution in [0.3, 0.4) is 0 Å². The molecule has 0 bridgehead atoms. The fraction of sp³-hybridized carbons (Fsp3) is 0.588. The molecule has 4 heteroatoms. The van der Waals surface area contributed by atoms with Gasteiger partial charge in [0.25, 0.3) is 5.91 Å². The average Bonchev–Trinajstić information content (AvgIpc) is 2.55. The zero-order valence-electron chi connectivity index (χ0n) is 13.2. The molecule has 1 saturated heterocycles. The van der Waals surface area contributed by atoms with Crippen molar-refractivity contribution in [2.75, 3.05) is 39.8 Å². The first-order valence-electron chi connectivity index (χ1n) is 7.90. The summed E-state index contributed by atoms with van der Waals surface area (Å²) in [6.07, 6.45) is 3.82. The molecular weight excluding hydrogens is 264 g/mol. The van der Waals surface area contributed by atoms with E-state index in [9.17, 15) is 4.79 Å². The fourth-order valence-electron chi connectivity index (χ4n) is 2.70. The Morgan fingerprint density at radius 2 is 1.95 bits per heavy atom. The van der Waals surface area contributed by atoms with Crippen LogP contribution in [0.25, 0.3) is 0 Å². The molecule has 1 heterocycles. The maximum absolute atomic E-state index is 12.5. The molecule has 0 radical (unpaired) electrons. The first kappa shape index (κ1) is 15.8. The van der Waals surface area contributed by atoms with E-state index in [-0.39, 0.29) is 5.91 Å². The summed E-state index contributed by atoms with van der Waals surface area (Å²) in [7, 11) is 1.62. The summed E-state index contributed by atoms with van der Waals surface area (Å²) in [6, 6.07) is 7.41. The lowest BCUT2D eigenvalue weighted by Gasteiger charge is -2.34. The minimum Gasteiger partial charge on any atom is -0.497 e. The molecule has 116 valence electrons. The molecule has 21 heavy (non-hydrogen) atoms. The van der Waals surface area contributed by atoms with Crippen LogP contribution in [0.4, 0.5) is 0 Å². The maximum atomic E-state index is 12.5. The molecule has 0 aromatic heterocycles. The minimum absolute atomic E-state index is 0.113. The summed E-state index contributed by atoms with van der Waals surface area (Å²) in [5, 5.41) is 0. The largest absolute Gasteiger partial charge is 0.497 e. The Hall–Kier alpha value is -1.55. The lowest BCUT2D eigenvalue weighted by Crippen LogP contribution is -2.48. The van der Waals surface area contributed by atoms with Crippen molar-refractivity contribution in [3.8, 4) is 5.75 Å². The highest BCUT2D eigenvalue weighted by Gasteiger charge is 2.21. The van der Waals surface area contributed by atoms with E-state index < -0.39 is 0 Å². The molecule has 2 rings (SSSR count). The summed E-state index contributed by atoms with van der Waals surface area (Å²) >= 11 is 0. The third-order valence-electron chi connectivity index (χ3n) is 4.05.